The van der Waals surface area contributed by atoms with E-state index >= 15 is 0 Å². The molecule has 37 heavy (non-hydrogen) atoms. The number of rotatable bonds is 9. The van der Waals surface area contributed by atoms with Crippen LogP contribution in [0.2, 0.25) is 0 Å². The first-order valence-electron chi connectivity index (χ1n) is 13.3. The summed E-state index contributed by atoms with van der Waals surface area (Å²) in [4.78, 5) is 28.4. The number of anilines is 1. The number of amides is 2. The maximum Gasteiger partial charge on any atom is 0.238 e. The van der Waals surface area contributed by atoms with Crippen molar-refractivity contribution < 1.29 is 24.2 Å². The fourth-order valence-corrected chi connectivity index (χ4v) is 6.35. The molecule has 0 radical (unpaired) electrons. The zero-order valence-electron chi connectivity index (χ0n) is 21.6. The molecule has 0 unspecified atom stereocenters. The summed E-state index contributed by atoms with van der Waals surface area (Å²) in [5.41, 5.74) is 5.00. The van der Waals surface area contributed by atoms with Crippen molar-refractivity contribution in [3.8, 4) is 5.75 Å². The van der Waals surface area contributed by atoms with Gasteiger partial charge in [-0.25, -0.2) is 0 Å². The van der Waals surface area contributed by atoms with Gasteiger partial charge in [0.2, 0.25) is 11.8 Å². The second-order valence-corrected chi connectivity index (χ2v) is 10.3. The molecule has 4 atom stereocenters. The Labute approximate surface area is 218 Å². The predicted octanol–water partition coefficient (Wildman–Crippen LogP) is 5.52. The van der Waals surface area contributed by atoms with Crippen LogP contribution in [0.5, 0.6) is 5.75 Å². The molecule has 3 aliphatic rings. The topological polar surface area (TPSA) is 76.1 Å². The van der Waals surface area contributed by atoms with E-state index in [2.05, 4.69) is 13.0 Å². The van der Waals surface area contributed by atoms with Crippen molar-refractivity contribution in [2.45, 2.75) is 45.1 Å². The van der Waals surface area contributed by atoms with Crippen LogP contribution in [0.25, 0.3) is 6.08 Å². The minimum atomic E-state index is -0.389. The molecule has 0 bridgehead atoms. The Kier molecular flexibility index (Phi) is 7.58. The van der Waals surface area contributed by atoms with Gasteiger partial charge in [-0.15, -0.1) is 0 Å². The molecule has 2 aromatic carbocycles. The first-order valence-corrected chi connectivity index (χ1v) is 13.3. The number of allylic oxidation sites excluding steroid dienone is 1. The van der Waals surface area contributed by atoms with E-state index in [0.29, 0.717) is 25.3 Å². The van der Waals surface area contributed by atoms with E-state index in [0.717, 1.165) is 42.4 Å². The molecule has 6 heteroatoms. The molecule has 2 aromatic rings. The number of imide groups is 1. The molecule has 6 nitrogen and oxygen atoms in total. The molecule has 0 spiro atoms. The smallest absolute Gasteiger partial charge is 0.238 e. The van der Waals surface area contributed by atoms with Crippen LogP contribution in [0.1, 0.15) is 44.6 Å². The highest BCUT2D eigenvalue weighted by Crippen LogP contribution is 2.50. The molecule has 0 saturated carbocycles. The van der Waals surface area contributed by atoms with Gasteiger partial charge in [0.05, 0.1) is 36.8 Å². The van der Waals surface area contributed by atoms with E-state index in [-0.39, 0.29) is 41.4 Å². The van der Waals surface area contributed by atoms with Crippen molar-refractivity contribution in [1.82, 2.24) is 0 Å². The van der Waals surface area contributed by atoms with Crippen molar-refractivity contribution in [2.75, 3.05) is 25.2 Å². The molecule has 2 heterocycles. The van der Waals surface area contributed by atoms with Crippen LogP contribution in [0.15, 0.2) is 71.3 Å². The van der Waals surface area contributed by atoms with Crippen molar-refractivity contribution in [3.05, 3.63) is 76.9 Å². The molecular formula is C31H35NO5. The Morgan fingerprint density at radius 3 is 2.54 bits per heavy atom. The molecule has 1 N–H and O–H groups in total. The van der Waals surface area contributed by atoms with Crippen molar-refractivity contribution in [2.24, 2.45) is 17.8 Å². The fourth-order valence-electron chi connectivity index (χ4n) is 6.35. The molecule has 194 valence electrons. The number of carbonyl (C=O) groups is 2. The normalized spacial score (nSPS) is 25.6. The third-order valence-corrected chi connectivity index (χ3v) is 7.94. The monoisotopic (exact) mass is 501 g/mol. The first-order chi connectivity index (χ1) is 18.0. The number of methoxy groups -OCH3 is 1. The molecule has 1 aliphatic carbocycles. The largest absolute Gasteiger partial charge is 0.507 e. The van der Waals surface area contributed by atoms with Crippen LogP contribution < -0.4 is 4.90 Å². The summed E-state index contributed by atoms with van der Waals surface area (Å²) in [6.45, 7) is 3.04. The van der Waals surface area contributed by atoms with Crippen molar-refractivity contribution >= 4 is 23.6 Å². The average molecular weight is 502 g/mol. The average Bonchev–Trinajstić information content (AvgIpc) is 3.43. The summed E-state index contributed by atoms with van der Waals surface area (Å²) in [7, 11) is 1.67. The van der Waals surface area contributed by atoms with E-state index < -0.39 is 0 Å². The molecule has 0 aromatic heterocycles. The molecule has 2 saturated heterocycles. The second kappa shape index (κ2) is 11.0. The van der Waals surface area contributed by atoms with E-state index in [9.17, 15) is 14.7 Å². The van der Waals surface area contributed by atoms with Crippen LogP contribution >= 0.6 is 0 Å². The third kappa shape index (κ3) is 4.88. The van der Waals surface area contributed by atoms with Gasteiger partial charge in [-0.3, -0.25) is 14.5 Å². The number of para-hydroxylation sites is 2. The number of carbonyl (C=O) groups excluding carboxylic acids is 2. The number of ether oxygens (including phenoxy) is 2. The number of nitrogens with zero attached hydrogens (tertiary/aromatic N) is 1. The van der Waals surface area contributed by atoms with Gasteiger partial charge in [-0.2, -0.15) is 0 Å². The minimum Gasteiger partial charge on any atom is -0.507 e. The Balaban J connectivity index is 1.39. The number of fused-ring (bicyclic) bond motifs is 3. The zero-order chi connectivity index (χ0) is 25.9. The standard InChI is InChI=1S/C31H35NO5/c1-3-9-20(16-21-10-7-8-13-26(21)33)14-15-27-28-22(18-36-2)17-24-29(25(28)19-37-27)31(35)32(30(24)34)23-11-5-4-6-12-23/h4-8,10-13,16,24-25,27,29,33H,3,9,14-15,17-19H2,1-2H3/b20-16+/t24-,25+,27-,29-/m1/s1. The van der Waals surface area contributed by atoms with Gasteiger partial charge >= 0.3 is 0 Å². The number of benzene rings is 2. The van der Waals surface area contributed by atoms with E-state index in [1.54, 1.807) is 13.2 Å². The Hall–Kier alpha value is -3.22. The zero-order valence-corrected chi connectivity index (χ0v) is 21.6. The Morgan fingerprint density at radius 1 is 1.05 bits per heavy atom. The highest BCUT2D eigenvalue weighted by molar-refractivity contribution is 6.22. The number of aromatic hydroxyl groups is 1. The summed E-state index contributed by atoms with van der Waals surface area (Å²) >= 11 is 0. The van der Waals surface area contributed by atoms with Gasteiger partial charge in [-0.1, -0.05) is 61.4 Å². The summed E-state index contributed by atoms with van der Waals surface area (Å²) in [6.07, 6.45) is 6.10. The molecule has 2 amide bonds. The summed E-state index contributed by atoms with van der Waals surface area (Å²) < 4.78 is 11.9. The Bertz CT molecular complexity index is 1220. The lowest BCUT2D eigenvalue weighted by Gasteiger charge is -2.31. The maximum absolute atomic E-state index is 13.6. The lowest BCUT2D eigenvalue weighted by atomic mass is 9.69. The van der Waals surface area contributed by atoms with Crippen molar-refractivity contribution in [3.63, 3.8) is 0 Å². The maximum atomic E-state index is 13.6. The van der Waals surface area contributed by atoms with Gasteiger partial charge < -0.3 is 14.6 Å². The molecule has 5 rings (SSSR count). The predicted molar refractivity (Wildman–Crippen MR) is 143 cm³/mol. The summed E-state index contributed by atoms with van der Waals surface area (Å²) in [5, 5.41) is 10.2. The van der Waals surface area contributed by atoms with Gasteiger partial charge in [-0.05, 0) is 55.0 Å². The van der Waals surface area contributed by atoms with Crippen LogP contribution in [-0.2, 0) is 19.1 Å². The van der Waals surface area contributed by atoms with E-state index in [1.807, 2.05) is 48.5 Å². The Morgan fingerprint density at radius 2 is 1.81 bits per heavy atom. The number of hydrogen-bond acceptors (Lipinski definition) is 5. The first kappa shape index (κ1) is 25.4. The fraction of sp³-hybridized carbons (Fsp3) is 0.419. The summed E-state index contributed by atoms with van der Waals surface area (Å²) in [6, 6.07) is 16.6. The lowest BCUT2D eigenvalue weighted by molar-refractivity contribution is -0.122. The quantitative estimate of drug-likeness (QED) is 0.362. The van der Waals surface area contributed by atoms with Crippen molar-refractivity contribution in [1.29, 1.82) is 0 Å². The third-order valence-electron chi connectivity index (χ3n) is 7.94. The van der Waals surface area contributed by atoms with Crippen LogP contribution in [0.3, 0.4) is 0 Å². The SMILES string of the molecule is CCC/C(=C\c1ccccc1O)CC[C@H]1OC[C@H]2C1=C(COC)C[C@H]1C(=O)N(c3ccccc3)C(=O)[C@H]12. The van der Waals surface area contributed by atoms with E-state index in [1.165, 1.54) is 10.5 Å². The van der Waals surface area contributed by atoms with E-state index in [4.69, 9.17) is 9.47 Å². The molecule has 2 aliphatic heterocycles. The van der Waals surface area contributed by atoms with Crippen LogP contribution in [0, 0.1) is 17.8 Å². The molecule has 2 fully saturated rings. The summed E-state index contributed by atoms with van der Waals surface area (Å²) in [5.74, 6) is -0.811. The second-order valence-electron chi connectivity index (χ2n) is 10.3. The number of hydrogen-bond donors (Lipinski definition) is 1. The number of phenols is 1. The highest BCUT2D eigenvalue weighted by Gasteiger charge is 2.57. The van der Waals surface area contributed by atoms with Gasteiger partial charge in [0.15, 0.2) is 0 Å². The minimum absolute atomic E-state index is 0.101. The van der Waals surface area contributed by atoms with Gasteiger partial charge in [0, 0.05) is 18.6 Å². The molecular weight excluding hydrogens is 466 g/mol. The number of phenolic OH excluding ortho intramolecular Hbond substituents is 1. The van der Waals surface area contributed by atoms with Crippen LogP contribution in [-0.4, -0.2) is 43.3 Å². The van der Waals surface area contributed by atoms with Gasteiger partial charge in [0.25, 0.3) is 0 Å². The highest BCUT2D eigenvalue weighted by atomic mass is 16.5. The van der Waals surface area contributed by atoms with Crippen LogP contribution in [0.4, 0.5) is 5.69 Å². The van der Waals surface area contributed by atoms with Gasteiger partial charge in [0.1, 0.15) is 5.75 Å². The lowest BCUT2D eigenvalue weighted by Crippen LogP contribution is -2.35.